The number of hydrazine groups is 1. The molecule has 0 aromatic carbocycles. The number of allylic oxidation sites excluding steroid dienone is 1. The minimum Gasteiger partial charge on any atom is -0.271 e. The van der Waals surface area contributed by atoms with Gasteiger partial charge in [-0.05, 0) is 33.1 Å². The van der Waals surface area contributed by atoms with Gasteiger partial charge in [0.2, 0.25) is 0 Å². The lowest BCUT2D eigenvalue weighted by molar-refractivity contribution is 0.505. The van der Waals surface area contributed by atoms with Crippen LogP contribution in [-0.2, 0) is 0 Å². The highest BCUT2D eigenvalue weighted by Crippen LogP contribution is 2.27. The third-order valence-corrected chi connectivity index (χ3v) is 3.54. The summed E-state index contributed by atoms with van der Waals surface area (Å²) >= 11 is 1.73. The summed E-state index contributed by atoms with van der Waals surface area (Å²) < 4.78 is 0. The van der Waals surface area contributed by atoms with E-state index in [2.05, 4.69) is 17.0 Å². The zero-order chi connectivity index (χ0) is 11.3. The molecule has 0 aliphatic rings. The number of nitrogens with one attached hydrogen (secondary N) is 1. The Morgan fingerprint density at radius 2 is 2.33 bits per heavy atom. The van der Waals surface area contributed by atoms with Crippen molar-refractivity contribution >= 4 is 11.3 Å². The summed E-state index contributed by atoms with van der Waals surface area (Å²) in [6.07, 6.45) is 5.12. The summed E-state index contributed by atoms with van der Waals surface area (Å²) in [7, 11) is 0. The van der Waals surface area contributed by atoms with E-state index in [0.29, 0.717) is 0 Å². The van der Waals surface area contributed by atoms with Crippen LogP contribution in [0.4, 0.5) is 0 Å². The largest absolute Gasteiger partial charge is 0.271 e. The Kier molecular flexibility index (Phi) is 4.94. The molecular weight excluding hydrogens is 206 g/mol. The SMILES string of the molecule is C=CCCCC(NN)c1sc(C)nc1C. The fourth-order valence-corrected chi connectivity index (χ4v) is 2.65. The first-order valence-corrected chi connectivity index (χ1v) is 6.01. The molecule has 84 valence electrons. The Morgan fingerprint density at radius 1 is 1.60 bits per heavy atom. The second kappa shape index (κ2) is 6.00. The average Bonchev–Trinajstić information content (AvgIpc) is 2.53. The van der Waals surface area contributed by atoms with E-state index in [9.17, 15) is 0 Å². The van der Waals surface area contributed by atoms with Crippen LogP contribution in [0.1, 0.15) is 40.9 Å². The molecule has 0 aliphatic carbocycles. The van der Waals surface area contributed by atoms with Gasteiger partial charge in [-0.25, -0.2) is 4.98 Å². The predicted octanol–water partition coefficient (Wildman–Crippen LogP) is 2.62. The molecule has 1 rings (SSSR count). The van der Waals surface area contributed by atoms with Gasteiger partial charge in [0.15, 0.2) is 0 Å². The van der Waals surface area contributed by atoms with Gasteiger partial charge in [0.05, 0.1) is 16.7 Å². The number of nitrogens with two attached hydrogens (primary N) is 1. The van der Waals surface area contributed by atoms with E-state index < -0.39 is 0 Å². The van der Waals surface area contributed by atoms with Crippen LogP contribution in [0.25, 0.3) is 0 Å². The number of nitrogens with zero attached hydrogens (tertiary/aromatic N) is 1. The number of unbranched alkanes of at least 4 members (excludes halogenated alkanes) is 1. The fraction of sp³-hybridized carbons (Fsp3) is 0.545. The Bertz CT molecular complexity index is 320. The monoisotopic (exact) mass is 225 g/mol. The smallest absolute Gasteiger partial charge is 0.0900 e. The lowest BCUT2D eigenvalue weighted by Gasteiger charge is -2.13. The first kappa shape index (κ1) is 12.4. The summed E-state index contributed by atoms with van der Waals surface area (Å²) in [5.41, 5.74) is 3.96. The van der Waals surface area contributed by atoms with Crippen molar-refractivity contribution in [2.24, 2.45) is 5.84 Å². The van der Waals surface area contributed by atoms with Gasteiger partial charge in [-0.1, -0.05) is 6.08 Å². The molecule has 4 heteroatoms. The van der Waals surface area contributed by atoms with Crippen molar-refractivity contribution in [1.82, 2.24) is 10.4 Å². The Morgan fingerprint density at radius 3 is 2.80 bits per heavy atom. The molecule has 15 heavy (non-hydrogen) atoms. The fourth-order valence-electron chi connectivity index (χ4n) is 1.63. The number of rotatable bonds is 6. The van der Waals surface area contributed by atoms with Crippen LogP contribution in [0.5, 0.6) is 0 Å². The summed E-state index contributed by atoms with van der Waals surface area (Å²) in [6.45, 7) is 7.78. The highest BCUT2D eigenvalue weighted by Gasteiger charge is 2.15. The number of aromatic nitrogens is 1. The van der Waals surface area contributed by atoms with Gasteiger partial charge in [0, 0.05) is 4.88 Å². The molecule has 0 saturated carbocycles. The van der Waals surface area contributed by atoms with Crippen LogP contribution in [-0.4, -0.2) is 4.98 Å². The standard InChI is InChI=1S/C11H19N3S/c1-4-5-6-7-10(14-12)11-8(2)13-9(3)15-11/h4,10,14H,1,5-7,12H2,2-3H3. The van der Waals surface area contributed by atoms with Crippen molar-refractivity contribution in [2.45, 2.75) is 39.2 Å². The van der Waals surface area contributed by atoms with Crippen LogP contribution in [0.2, 0.25) is 0 Å². The topological polar surface area (TPSA) is 50.9 Å². The van der Waals surface area contributed by atoms with Crippen molar-refractivity contribution < 1.29 is 0 Å². The predicted molar refractivity (Wildman–Crippen MR) is 65.7 cm³/mol. The van der Waals surface area contributed by atoms with Gasteiger partial charge < -0.3 is 0 Å². The Hall–Kier alpha value is -0.710. The number of hydrogen-bond donors (Lipinski definition) is 2. The molecule has 0 spiro atoms. The lowest BCUT2D eigenvalue weighted by atomic mass is 10.1. The third-order valence-electron chi connectivity index (χ3n) is 2.36. The zero-order valence-corrected chi connectivity index (χ0v) is 10.2. The van der Waals surface area contributed by atoms with Gasteiger partial charge in [-0.3, -0.25) is 11.3 Å². The number of thiazole rings is 1. The first-order valence-electron chi connectivity index (χ1n) is 5.20. The van der Waals surface area contributed by atoms with E-state index in [1.54, 1.807) is 11.3 Å². The molecule has 0 saturated heterocycles. The molecule has 1 heterocycles. The van der Waals surface area contributed by atoms with Gasteiger partial charge in [0.25, 0.3) is 0 Å². The number of aryl methyl sites for hydroxylation is 2. The molecule has 3 N–H and O–H groups in total. The minimum absolute atomic E-state index is 0.233. The maximum atomic E-state index is 5.57. The summed E-state index contributed by atoms with van der Waals surface area (Å²) in [5.74, 6) is 5.57. The van der Waals surface area contributed by atoms with Crippen molar-refractivity contribution in [3.63, 3.8) is 0 Å². The Labute approximate surface area is 95.4 Å². The third kappa shape index (κ3) is 3.41. The maximum absolute atomic E-state index is 5.57. The van der Waals surface area contributed by atoms with Gasteiger partial charge in [0.1, 0.15) is 0 Å². The van der Waals surface area contributed by atoms with E-state index in [1.807, 2.05) is 19.9 Å². The van der Waals surface area contributed by atoms with Crippen LogP contribution in [0.3, 0.4) is 0 Å². The molecule has 0 aliphatic heterocycles. The molecular formula is C11H19N3S. The Balaban J connectivity index is 2.65. The minimum atomic E-state index is 0.233. The highest BCUT2D eigenvalue weighted by atomic mass is 32.1. The van der Waals surface area contributed by atoms with E-state index in [-0.39, 0.29) is 6.04 Å². The van der Waals surface area contributed by atoms with Crippen molar-refractivity contribution in [2.75, 3.05) is 0 Å². The molecule has 1 aromatic heterocycles. The molecule has 1 unspecified atom stereocenters. The number of hydrogen-bond acceptors (Lipinski definition) is 4. The zero-order valence-electron chi connectivity index (χ0n) is 9.42. The van der Waals surface area contributed by atoms with Crippen molar-refractivity contribution in [1.29, 1.82) is 0 Å². The summed E-state index contributed by atoms with van der Waals surface area (Å²) in [6, 6.07) is 0.233. The van der Waals surface area contributed by atoms with Crippen LogP contribution in [0, 0.1) is 13.8 Å². The molecule has 0 radical (unpaired) electrons. The molecule has 1 aromatic rings. The normalized spacial score (nSPS) is 12.7. The summed E-state index contributed by atoms with van der Waals surface area (Å²) in [5, 5.41) is 1.10. The van der Waals surface area contributed by atoms with Crippen LogP contribution >= 0.6 is 11.3 Å². The van der Waals surface area contributed by atoms with E-state index >= 15 is 0 Å². The second-order valence-corrected chi connectivity index (χ2v) is 4.86. The van der Waals surface area contributed by atoms with Crippen LogP contribution < -0.4 is 11.3 Å². The maximum Gasteiger partial charge on any atom is 0.0900 e. The quantitative estimate of drug-likeness (QED) is 0.339. The molecule has 0 amide bonds. The average molecular weight is 225 g/mol. The van der Waals surface area contributed by atoms with Gasteiger partial charge in [-0.2, -0.15) is 0 Å². The lowest BCUT2D eigenvalue weighted by Crippen LogP contribution is -2.27. The highest BCUT2D eigenvalue weighted by molar-refractivity contribution is 7.11. The van der Waals surface area contributed by atoms with Gasteiger partial charge in [-0.15, -0.1) is 17.9 Å². The molecule has 1 atom stereocenters. The molecule has 0 fully saturated rings. The van der Waals surface area contributed by atoms with Crippen molar-refractivity contribution in [3.8, 4) is 0 Å². The summed E-state index contributed by atoms with van der Waals surface area (Å²) in [4.78, 5) is 5.67. The van der Waals surface area contributed by atoms with E-state index in [1.165, 1.54) is 4.88 Å². The van der Waals surface area contributed by atoms with Crippen LogP contribution in [0.15, 0.2) is 12.7 Å². The molecule has 3 nitrogen and oxygen atoms in total. The van der Waals surface area contributed by atoms with E-state index in [0.717, 1.165) is 30.0 Å². The van der Waals surface area contributed by atoms with Gasteiger partial charge >= 0.3 is 0 Å². The second-order valence-electron chi connectivity index (χ2n) is 3.62. The van der Waals surface area contributed by atoms with E-state index in [4.69, 9.17) is 5.84 Å². The molecule has 0 bridgehead atoms. The van der Waals surface area contributed by atoms with Crippen molar-refractivity contribution in [3.05, 3.63) is 28.2 Å². The first-order chi connectivity index (χ1) is 7.19.